The number of carboxylic acids is 1. The van der Waals surface area contributed by atoms with Gasteiger partial charge in [0.05, 0.1) is 17.3 Å². The molecular formula is C13H9N3O4. The molecule has 0 fully saturated rings. The molecule has 7 heteroatoms. The number of hydrogen-bond acceptors (Lipinski definition) is 4. The highest BCUT2D eigenvalue weighted by molar-refractivity contribution is 5.88. The first kappa shape index (κ1) is 12.0. The maximum absolute atomic E-state index is 11.1. The average molecular weight is 271 g/mol. The standard InChI is InChI=1S/C13H9N3O4/c17-12(18)7-2-1-3-8(4-7)20-9-5-10-11(14-6-9)16-13(19)15-10/h1-6H,(H,17,18)(H2,14,15,16,19). The Balaban J connectivity index is 1.94. The fourth-order valence-corrected chi connectivity index (χ4v) is 1.79. The van der Waals surface area contributed by atoms with E-state index in [0.717, 1.165) is 0 Å². The van der Waals surface area contributed by atoms with Crippen molar-refractivity contribution in [2.75, 3.05) is 0 Å². The Hall–Kier alpha value is -3.09. The Kier molecular flexibility index (Phi) is 2.72. The molecule has 0 saturated carbocycles. The molecule has 0 spiro atoms. The summed E-state index contributed by atoms with van der Waals surface area (Å²) in [5, 5.41) is 8.91. The second-order valence-corrected chi connectivity index (χ2v) is 4.08. The minimum Gasteiger partial charge on any atom is -0.478 e. The second kappa shape index (κ2) is 4.54. The van der Waals surface area contributed by atoms with Crippen molar-refractivity contribution in [1.29, 1.82) is 0 Å². The number of imidazole rings is 1. The average Bonchev–Trinajstić information content (AvgIpc) is 2.78. The van der Waals surface area contributed by atoms with Gasteiger partial charge in [-0.05, 0) is 18.2 Å². The molecule has 0 radical (unpaired) electrons. The highest BCUT2D eigenvalue weighted by atomic mass is 16.5. The van der Waals surface area contributed by atoms with E-state index in [1.165, 1.54) is 18.3 Å². The lowest BCUT2D eigenvalue weighted by Gasteiger charge is -2.05. The molecule has 3 aromatic rings. The lowest BCUT2D eigenvalue weighted by Crippen LogP contribution is -1.99. The number of pyridine rings is 1. The number of aromatic carboxylic acids is 1. The Morgan fingerprint density at radius 3 is 2.85 bits per heavy atom. The molecule has 0 saturated heterocycles. The number of rotatable bonds is 3. The van der Waals surface area contributed by atoms with Gasteiger partial charge in [0.25, 0.3) is 0 Å². The number of H-pyrrole nitrogens is 2. The summed E-state index contributed by atoms with van der Waals surface area (Å²) in [6, 6.07) is 7.71. The topological polar surface area (TPSA) is 108 Å². The normalized spacial score (nSPS) is 10.6. The molecule has 7 nitrogen and oxygen atoms in total. The largest absolute Gasteiger partial charge is 0.478 e. The molecule has 0 amide bonds. The molecule has 2 aromatic heterocycles. The summed E-state index contributed by atoms with van der Waals surface area (Å²) in [6.07, 6.45) is 1.44. The number of aromatic nitrogens is 3. The molecule has 100 valence electrons. The third kappa shape index (κ3) is 2.24. The number of fused-ring (bicyclic) bond motifs is 1. The summed E-state index contributed by atoms with van der Waals surface area (Å²) in [5.41, 5.74) is 0.729. The number of benzene rings is 1. The van der Waals surface area contributed by atoms with Crippen molar-refractivity contribution >= 4 is 17.1 Å². The molecule has 3 rings (SSSR count). The lowest BCUT2D eigenvalue weighted by atomic mass is 10.2. The van der Waals surface area contributed by atoms with Crippen LogP contribution in [0.3, 0.4) is 0 Å². The monoisotopic (exact) mass is 271 g/mol. The van der Waals surface area contributed by atoms with Gasteiger partial charge >= 0.3 is 11.7 Å². The van der Waals surface area contributed by atoms with Crippen molar-refractivity contribution in [2.45, 2.75) is 0 Å². The summed E-state index contributed by atoms with van der Waals surface area (Å²) in [4.78, 5) is 31.1. The maximum atomic E-state index is 11.1. The number of aromatic amines is 2. The van der Waals surface area contributed by atoms with Crippen LogP contribution in [0.5, 0.6) is 11.5 Å². The third-order valence-electron chi connectivity index (χ3n) is 2.66. The summed E-state index contributed by atoms with van der Waals surface area (Å²) in [7, 11) is 0. The van der Waals surface area contributed by atoms with E-state index in [1.54, 1.807) is 18.2 Å². The fraction of sp³-hybridized carbons (Fsp3) is 0. The van der Waals surface area contributed by atoms with E-state index in [0.29, 0.717) is 22.7 Å². The van der Waals surface area contributed by atoms with Crippen LogP contribution in [0.15, 0.2) is 41.3 Å². The zero-order valence-corrected chi connectivity index (χ0v) is 10.1. The molecule has 0 aliphatic rings. The highest BCUT2D eigenvalue weighted by Gasteiger charge is 2.06. The summed E-state index contributed by atoms with van der Waals surface area (Å²) >= 11 is 0. The van der Waals surface area contributed by atoms with Crippen LogP contribution >= 0.6 is 0 Å². The van der Waals surface area contributed by atoms with Crippen LogP contribution in [0.1, 0.15) is 10.4 Å². The van der Waals surface area contributed by atoms with Crippen LogP contribution in [0.25, 0.3) is 11.2 Å². The van der Waals surface area contributed by atoms with E-state index in [9.17, 15) is 9.59 Å². The van der Waals surface area contributed by atoms with Gasteiger partial charge in [0.2, 0.25) is 0 Å². The van der Waals surface area contributed by atoms with Crippen LogP contribution in [0.2, 0.25) is 0 Å². The first-order valence-electron chi connectivity index (χ1n) is 5.71. The fourth-order valence-electron chi connectivity index (χ4n) is 1.79. The molecule has 1 aromatic carbocycles. The Bertz CT molecular complexity index is 850. The van der Waals surface area contributed by atoms with Gasteiger partial charge in [0, 0.05) is 6.07 Å². The summed E-state index contributed by atoms with van der Waals surface area (Å²) in [5.74, 6) is -0.252. The van der Waals surface area contributed by atoms with E-state index in [2.05, 4.69) is 15.0 Å². The van der Waals surface area contributed by atoms with Crippen molar-refractivity contribution < 1.29 is 14.6 Å². The minimum absolute atomic E-state index is 0.131. The predicted molar refractivity (Wildman–Crippen MR) is 70.2 cm³/mol. The zero-order chi connectivity index (χ0) is 14.1. The van der Waals surface area contributed by atoms with Crippen molar-refractivity contribution in [2.24, 2.45) is 0 Å². The number of ether oxygens (including phenoxy) is 1. The summed E-state index contributed by atoms with van der Waals surface area (Å²) < 4.78 is 5.52. The van der Waals surface area contributed by atoms with E-state index in [-0.39, 0.29) is 11.3 Å². The molecule has 0 unspecified atom stereocenters. The summed E-state index contributed by atoms with van der Waals surface area (Å²) in [6.45, 7) is 0. The first-order valence-corrected chi connectivity index (χ1v) is 5.71. The van der Waals surface area contributed by atoms with Crippen molar-refractivity contribution in [3.63, 3.8) is 0 Å². The maximum Gasteiger partial charge on any atom is 0.335 e. The van der Waals surface area contributed by atoms with Gasteiger partial charge in [-0.15, -0.1) is 0 Å². The van der Waals surface area contributed by atoms with Gasteiger partial charge in [-0.2, -0.15) is 0 Å². The van der Waals surface area contributed by atoms with Crippen LogP contribution in [-0.4, -0.2) is 26.0 Å². The first-order chi connectivity index (χ1) is 9.61. The lowest BCUT2D eigenvalue weighted by molar-refractivity contribution is 0.0696. The quantitative estimate of drug-likeness (QED) is 0.672. The highest BCUT2D eigenvalue weighted by Crippen LogP contribution is 2.23. The Morgan fingerprint density at radius 1 is 1.20 bits per heavy atom. The number of nitrogens with one attached hydrogen (secondary N) is 2. The molecule has 0 atom stereocenters. The van der Waals surface area contributed by atoms with E-state index < -0.39 is 5.97 Å². The van der Waals surface area contributed by atoms with Crippen molar-refractivity contribution in [3.05, 3.63) is 52.6 Å². The van der Waals surface area contributed by atoms with Crippen LogP contribution < -0.4 is 10.4 Å². The second-order valence-electron chi connectivity index (χ2n) is 4.08. The van der Waals surface area contributed by atoms with Gasteiger partial charge in [-0.3, -0.25) is 4.98 Å². The SMILES string of the molecule is O=C(O)c1cccc(Oc2cnc3[nH]c(=O)[nH]c3c2)c1. The minimum atomic E-state index is -1.03. The van der Waals surface area contributed by atoms with Crippen LogP contribution in [-0.2, 0) is 0 Å². The smallest absolute Gasteiger partial charge is 0.335 e. The van der Waals surface area contributed by atoms with E-state index in [4.69, 9.17) is 9.84 Å². The van der Waals surface area contributed by atoms with Crippen LogP contribution in [0, 0.1) is 0 Å². The molecule has 3 N–H and O–H groups in total. The van der Waals surface area contributed by atoms with E-state index in [1.807, 2.05) is 0 Å². The van der Waals surface area contributed by atoms with Gasteiger partial charge in [-0.25, -0.2) is 14.6 Å². The molecule has 0 aliphatic carbocycles. The molecule has 0 bridgehead atoms. The molecular weight excluding hydrogens is 262 g/mol. The number of nitrogens with zero attached hydrogens (tertiary/aromatic N) is 1. The van der Waals surface area contributed by atoms with Gasteiger partial charge in [0.15, 0.2) is 5.65 Å². The predicted octanol–water partition coefficient (Wildman–Crippen LogP) is 1.74. The van der Waals surface area contributed by atoms with E-state index >= 15 is 0 Å². The Morgan fingerprint density at radius 2 is 2.05 bits per heavy atom. The van der Waals surface area contributed by atoms with Gasteiger partial charge in [0.1, 0.15) is 11.5 Å². The van der Waals surface area contributed by atoms with Crippen LogP contribution in [0.4, 0.5) is 0 Å². The molecule has 20 heavy (non-hydrogen) atoms. The number of hydrogen-bond donors (Lipinski definition) is 3. The third-order valence-corrected chi connectivity index (χ3v) is 2.66. The number of carbonyl (C=O) groups is 1. The number of carboxylic acid groups (broad SMARTS) is 1. The van der Waals surface area contributed by atoms with Gasteiger partial charge in [-0.1, -0.05) is 6.07 Å². The van der Waals surface area contributed by atoms with Gasteiger partial charge < -0.3 is 14.8 Å². The Labute approximate surface area is 111 Å². The van der Waals surface area contributed by atoms with Crippen molar-refractivity contribution in [1.82, 2.24) is 15.0 Å². The molecule has 2 heterocycles. The zero-order valence-electron chi connectivity index (χ0n) is 10.1. The molecule has 0 aliphatic heterocycles. The van der Waals surface area contributed by atoms with Crippen molar-refractivity contribution in [3.8, 4) is 11.5 Å².